The normalized spacial score (nSPS) is 10.7. The van der Waals surface area contributed by atoms with Gasteiger partial charge in [-0.3, -0.25) is 9.97 Å². The second-order valence-corrected chi connectivity index (χ2v) is 7.53. The van der Waals surface area contributed by atoms with Gasteiger partial charge < -0.3 is 25.0 Å². The number of rotatable bonds is 9. The summed E-state index contributed by atoms with van der Waals surface area (Å²) in [6.07, 6.45) is 1.63. The molecule has 0 spiro atoms. The van der Waals surface area contributed by atoms with E-state index in [1.807, 2.05) is 0 Å². The van der Waals surface area contributed by atoms with Crippen molar-refractivity contribution >= 4 is 25.5 Å². The fourth-order valence-electron chi connectivity index (χ4n) is 2.26. The van der Waals surface area contributed by atoms with Crippen LogP contribution in [-0.2, 0) is 13.6 Å². The Morgan fingerprint density at radius 1 is 1.00 bits per heavy atom. The maximum absolute atomic E-state index is 12.4. The van der Waals surface area contributed by atoms with E-state index in [2.05, 4.69) is 0 Å². The number of nitrogens with two attached hydrogens (primary N) is 1. The number of carbonyl (C=O) groups excluding carboxylic acids is 1. The second-order valence-electron chi connectivity index (χ2n) is 5.64. The molecule has 30 heavy (non-hydrogen) atoms. The molecule has 159 valence electrons. The molecule has 8 nitrogen and oxygen atoms in total. The van der Waals surface area contributed by atoms with Gasteiger partial charge in [-0.05, 0) is 61.9 Å². The van der Waals surface area contributed by atoms with Crippen LogP contribution in [0.4, 0.5) is 0 Å². The summed E-state index contributed by atoms with van der Waals surface area (Å²) in [5.41, 5.74) is 7.04. The first-order valence-corrected chi connectivity index (χ1v) is 10.3. The number of carbonyl (C=O) groups is 1. The zero-order valence-electron chi connectivity index (χ0n) is 16.8. The summed E-state index contributed by atoms with van der Waals surface area (Å²) >= 11 is 0. The summed E-state index contributed by atoms with van der Waals surface area (Å²) in [7, 11) is -3.27. The second kappa shape index (κ2) is 13.9. The van der Waals surface area contributed by atoms with Crippen molar-refractivity contribution in [1.82, 2.24) is 0 Å². The monoisotopic (exact) mass is 647 g/mol. The number of ether oxygens (including phenoxy) is 1. The van der Waals surface area contributed by atoms with Crippen molar-refractivity contribution in [2.24, 2.45) is 5.73 Å². The Bertz CT molecular complexity index is 891. The zero-order chi connectivity index (χ0) is 20.6. The van der Waals surface area contributed by atoms with Gasteiger partial charge in [0.1, 0.15) is 11.6 Å². The predicted octanol–water partition coefficient (Wildman–Crippen LogP) is 3.60. The Morgan fingerprint density at radius 2 is 1.50 bits per heavy atom. The van der Waals surface area contributed by atoms with Crippen LogP contribution in [0.5, 0.6) is 5.75 Å². The van der Waals surface area contributed by atoms with Gasteiger partial charge in [-0.2, -0.15) is 0 Å². The minimum absolute atomic E-state index is 0. The number of benzene rings is 2. The van der Waals surface area contributed by atoms with Crippen molar-refractivity contribution in [3.8, 4) is 5.75 Å². The molecule has 2 rings (SSSR count). The van der Waals surface area contributed by atoms with E-state index in [-0.39, 0.29) is 68.6 Å². The van der Waals surface area contributed by atoms with E-state index in [1.54, 1.807) is 68.5 Å². The molecule has 5 N–H and O–H groups in total. The van der Waals surface area contributed by atoms with Crippen LogP contribution >= 0.6 is 7.60 Å². The molecule has 10 heteroatoms. The summed E-state index contributed by atoms with van der Waals surface area (Å²) in [6.45, 7) is 4.04. The van der Waals surface area contributed by atoms with Crippen molar-refractivity contribution in [2.45, 2.75) is 13.8 Å². The van der Waals surface area contributed by atoms with Crippen LogP contribution in [0.1, 0.15) is 35.3 Å². The summed E-state index contributed by atoms with van der Waals surface area (Å²) in [5, 5.41) is 7.35. The molecule has 0 heterocycles. The summed E-state index contributed by atoms with van der Waals surface area (Å²) < 4.78 is 28.1. The number of nitrogen functional groups attached to an aromatic ring is 1. The van der Waals surface area contributed by atoms with Crippen LogP contribution < -0.4 is 10.5 Å². The maximum Gasteiger partial charge on any atom is 0.354 e. The van der Waals surface area contributed by atoms with Gasteiger partial charge in [-0.15, -0.1) is 0 Å². The summed E-state index contributed by atoms with van der Waals surface area (Å²) in [4.78, 5) is 12.2. The number of esters is 1. The first-order chi connectivity index (χ1) is 13.4. The molecule has 0 aliphatic heterocycles. The average molecular weight is 647 g/mol. The van der Waals surface area contributed by atoms with Crippen LogP contribution in [0, 0.1) is 49.5 Å². The predicted molar refractivity (Wildman–Crippen MR) is 112 cm³/mol. The van der Waals surface area contributed by atoms with Crippen LogP contribution in [0.25, 0.3) is 6.08 Å². The molecule has 0 bridgehead atoms. The van der Waals surface area contributed by atoms with Crippen LogP contribution in [0.15, 0.2) is 54.3 Å². The Kier molecular flexibility index (Phi) is 13.3. The third-order valence-corrected chi connectivity index (χ3v) is 5.34. The molecule has 0 saturated heterocycles. The van der Waals surface area contributed by atoms with Gasteiger partial charge >= 0.3 is 13.6 Å². The van der Waals surface area contributed by atoms with E-state index in [1.165, 1.54) is 5.82 Å². The Morgan fingerprint density at radius 3 is 1.97 bits per heavy atom. The van der Waals surface area contributed by atoms with Gasteiger partial charge in [0, 0.05) is 55.4 Å². The molecular weight excluding hydrogens is 622 g/mol. The topological polar surface area (TPSA) is 143 Å². The first-order valence-electron chi connectivity index (χ1n) is 8.71. The SMILES string of the molecule is CCOP(=O)(/C=C/c1ccc(C(=O)Oc2ccc(C(=N)N)cc2)cc1)OCC.O.[Ac]. The van der Waals surface area contributed by atoms with E-state index in [0.29, 0.717) is 16.9 Å². The molecule has 2 aromatic carbocycles. The minimum atomic E-state index is -3.27. The van der Waals surface area contributed by atoms with Gasteiger partial charge in [-0.1, -0.05) is 12.1 Å². The molecule has 0 saturated carbocycles. The van der Waals surface area contributed by atoms with Crippen molar-refractivity contribution in [1.29, 1.82) is 5.41 Å². The van der Waals surface area contributed by atoms with Crippen molar-refractivity contribution < 1.29 is 72.7 Å². The fraction of sp³-hybridized carbons (Fsp3) is 0.200. The summed E-state index contributed by atoms with van der Waals surface area (Å²) in [5.74, 6) is 1.19. The van der Waals surface area contributed by atoms with Crippen molar-refractivity contribution in [2.75, 3.05) is 13.2 Å². The minimum Gasteiger partial charge on any atom is -0.423 e. The largest absolute Gasteiger partial charge is 0.423 e. The fourth-order valence-corrected chi connectivity index (χ4v) is 3.58. The van der Waals surface area contributed by atoms with Crippen LogP contribution in [0.2, 0.25) is 0 Å². The summed E-state index contributed by atoms with van der Waals surface area (Å²) in [6, 6.07) is 13.0. The average Bonchev–Trinajstić information content (AvgIpc) is 2.67. The van der Waals surface area contributed by atoms with Gasteiger partial charge in [0.15, 0.2) is 0 Å². The molecule has 0 amide bonds. The molecule has 0 fully saturated rings. The van der Waals surface area contributed by atoms with Crippen LogP contribution in [0.3, 0.4) is 0 Å². The van der Waals surface area contributed by atoms with E-state index >= 15 is 0 Å². The Labute approximate surface area is 211 Å². The van der Waals surface area contributed by atoms with Crippen molar-refractivity contribution in [3.63, 3.8) is 0 Å². The number of amidine groups is 1. The number of nitrogens with one attached hydrogen (secondary N) is 1. The van der Waals surface area contributed by atoms with E-state index in [0.717, 1.165) is 5.56 Å². The van der Waals surface area contributed by atoms with Gasteiger partial charge in [0.25, 0.3) is 0 Å². The van der Waals surface area contributed by atoms with Crippen molar-refractivity contribution in [3.05, 3.63) is 71.0 Å². The molecular formula is C20H25AcN2O6P. The first kappa shape index (κ1) is 28.7. The molecule has 2 aromatic rings. The van der Waals surface area contributed by atoms with E-state index in [9.17, 15) is 9.36 Å². The molecule has 1 radical (unpaired) electrons. The van der Waals surface area contributed by atoms with Gasteiger partial charge in [-0.25, -0.2) is 4.79 Å². The zero-order valence-corrected chi connectivity index (χ0v) is 22.5. The van der Waals surface area contributed by atoms with Gasteiger partial charge in [0.2, 0.25) is 0 Å². The van der Waals surface area contributed by atoms with Gasteiger partial charge in [0.05, 0.1) is 18.8 Å². The van der Waals surface area contributed by atoms with E-state index < -0.39 is 13.6 Å². The quantitative estimate of drug-likeness (QED) is 0.140. The smallest absolute Gasteiger partial charge is 0.354 e. The van der Waals surface area contributed by atoms with Crippen LogP contribution in [-0.4, -0.2) is 30.5 Å². The maximum atomic E-state index is 12.4. The molecule has 0 aromatic heterocycles. The standard InChI is InChI=1S/C20H23N2O5P.Ac.H2O/c1-3-25-28(24,26-4-2)14-13-15-5-7-17(8-6-15)20(23)27-18-11-9-16(10-12-18)19(21)22;;/h5-14H,3-4H2,1-2H3,(H3,21,22);;1H2/b14-13+;;. The Balaban J connectivity index is 0.00000420. The third kappa shape index (κ3) is 8.81. The molecule has 0 aliphatic rings. The molecule has 0 atom stereocenters. The third-order valence-electron chi connectivity index (χ3n) is 3.59. The molecule has 0 aliphatic carbocycles. The van der Waals surface area contributed by atoms with E-state index in [4.69, 9.17) is 24.9 Å². The number of hydrogen-bond donors (Lipinski definition) is 2. The number of hydrogen-bond acceptors (Lipinski definition) is 6. The Hall–Kier alpha value is -1.33. The molecule has 0 unspecified atom stereocenters.